The van der Waals surface area contributed by atoms with Crippen LogP contribution < -0.4 is 10.1 Å². The number of amides is 2. The van der Waals surface area contributed by atoms with E-state index in [2.05, 4.69) is 20.8 Å². The van der Waals surface area contributed by atoms with Crippen LogP contribution in [0.1, 0.15) is 24.2 Å². The zero-order chi connectivity index (χ0) is 25.0. The van der Waals surface area contributed by atoms with Crippen molar-refractivity contribution >= 4 is 27.5 Å². The second-order valence-corrected chi connectivity index (χ2v) is 10.5. The molecule has 0 radical (unpaired) electrons. The Morgan fingerprint density at radius 2 is 2.15 bits per heavy atom. The van der Waals surface area contributed by atoms with E-state index in [9.17, 15) is 23.1 Å². The highest BCUT2D eigenvalue weighted by Crippen LogP contribution is 2.30. The lowest BCUT2D eigenvalue weighted by atomic mass is 9.99. The molecule has 0 saturated heterocycles. The monoisotopic (exact) mass is 495 g/mol. The highest BCUT2D eigenvalue weighted by molar-refractivity contribution is 7.88. The number of likely N-dealkylation sites (N-methyl/N-ethyl adjacent to an activating group) is 1. The molecule has 2 aromatic rings. The number of fused-ring (bicyclic) bond motifs is 1. The molecule has 1 aromatic heterocycles. The lowest BCUT2D eigenvalue weighted by molar-refractivity contribution is -0.116. The van der Waals surface area contributed by atoms with E-state index in [-0.39, 0.29) is 49.4 Å². The number of nitrogens with one attached hydrogen (secondary N) is 1. The number of hydrogen-bond acceptors (Lipinski definition) is 9. The number of ether oxygens (including phenoxy) is 1. The predicted molar refractivity (Wildman–Crippen MR) is 122 cm³/mol. The first kappa shape index (κ1) is 25.5. The number of rotatable bonds is 8. The molecule has 0 aliphatic carbocycles. The third-order valence-corrected chi connectivity index (χ3v) is 6.93. The highest BCUT2D eigenvalue weighted by atomic mass is 32.2. The van der Waals surface area contributed by atoms with Gasteiger partial charge in [-0.05, 0) is 35.5 Å². The average Bonchev–Trinajstić information content (AvgIpc) is 3.28. The van der Waals surface area contributed by atoms with Gasteiger partial charge in [-0.15, -0.1) is 5.10 Å². The number of tetrazole rings is 1. The van der Waals surface area contributed by atoms with Crippen molar-refractivity contribution in [3.63, 3.8) is 0 Å². The molecule has 0 spiro atoms. The Morgan fingerprint density at radius 3 is 2.76 bits per heavy atom. The Bertz CT molecular complexity index is 1120. The zero-order valence-corrected chi connectivity index (χ0v) is 20.3. The van der Waals surface area contributed by atoms with Crippen LogP contribution in [0.2, 0.25) is 0 Å². The Morgan fingerprint density at radius 1 is 1.41 bits per heavy atom. The summed E-state index contributed by atoms with van der Waals surface area (Å²) < 4.78 is 32.5. The van der Waals surface area contributed by atoms with Gasteiger partial charge in [-0.25, -0.2) is 17.4 Å². The van der Waals surface area contributed by atoms with E-state index in [1.165, 1.54) is 33.3 Å². The molecule has 2 amide bonds. The van der Waals surface area contributed by atoms with Crippen LogP contribution in [0.25, 0.3) is 0 Å². The standard InChI is InChI=1S/C20H29N7O6S/c1-13-8-27(14(2)11-28)20(30)16-7-15(22-19(29)10-26-12-21-23-24-26)5-6-17(16)33-18(13)9-25(3)34(4,31)32/h5-7,12-14,18,28H,8-11H2,1-4H3,(H,22,29)/t13-,14+,18+/m0/s1. The van der Waals surface area contributed by atoms with Gasteiger partial charge in [-0.2, -0.15) is 0 Å². The van der Waals surface area contributed by atoms with Crippen molar-refractivity contribution in [2.45, 2.75) is 32.5 Å². The van der Waals surface area contributed by atoms with E-state index >= 15 is 0 Å². The SMILES string of the molecule is C[C@H](CO)N1C[C@H](C)[C@@H](CN(C)S(C)(=O)=O)Oc2ccc(NC(=O)Cn3cnnn3)cc2C1=O. The van der Waals surface area contributed by atoms with Gasteiger partial charge in [0, 0.05) is 25.2 Å². The van der Waals surface area contributed by atoms with Crippen LogP contribution in [0.15, 0.2) is 24.5 Å². The first-order chi connectivity index (χ1) is 16.0. The molecule has 1 aromatic carbocycles. The molecule has 0 bridgehead atoms. The van der Waals surface area contributed by atoms with Gasteiger partial charge < -0.3 is 20.1 Å². The van der Waals surface area contributed by atoms with Crippen LogP contribution in [-0.2, 0) is 21.4 Å². The predicted octanol–water partition coefficient (Wildman–Crippen LogP) is -0.577. The molecule has 34 heavy (non-hydrogen) atoms. The molecule has 2 heterocycles. The molecule has 0 saturated carbocycles. The average molecular weight is 496 g/mol. The Kier molecular flexibility index (Phi) is 7.84. The summed E-state index contributed by atoms with van der Waals surface area (Å²) in [6.45, 7) is 3.56. The molecule has 14 heteroatoms. The molecule has 0 unspecified atom stereocenters. The number of anilines is 1. The zero-order valence-electron chi connectivity index (χ0n) is 19.4. The summed E-state index contributed by atoms with van der Waals surface area (Å²) in [6.07, 6.45) is 1.86. The van der Waals surface area contributed by atoms with Gasteiger partial charge in [-0.1, -0.05) is 6.92 Å². The molecular weight excluding hydrogens is 466 g/mol. The normalized spacial score (nSPS) is 19.7. The third kappa shape index (κ3) is 6.07. The molecular formula is C20H29N7O6S. The van der Waals surface area contributed by atoms with Crippen LogP contribution in [0, 0.1) is 5.92 Å². The Labute approximate surface area is 197 Å². The second kappa shape index (κ2) is 10.4. The number of benzene rings is 1. The van der Waals surface area contributed by atoms with Crippen LogP contribution in [0.4, 0.5) is 5.69 Å². The van der Waals surface area contributed by atoms with Crippen molar-refractivity contribution in [2.75, 3.05) is 38.3 Å². The minimum absolute atomic E-state index is 0.0827. The van der Waals surface area contributed by atoms with Gasteiger partial charge >= 0.3 is 0 Å². The van der Waals surface area contributed by atoms with Crippen molar-refractivity contribution in [1.29, 1.82) is 0 Å². The fourth-order valence-corrected chi connectivity index (χ4v) is 3.93. The van der Waals surface area contributed by atoms with Gasteiger partial charge in [0.05, 0.1) is 31.0 Å². The van der Waals surface area contributed by atoms with E-state index in [1.54, 1.807) is 19.1 Å². The maximum absolute atomic E-state index is 13.4. The molecule has 2 N–H and O–H groups in total. The van der Waals surface area contributed by atoms with Crippen molar-refractivity contribution in [1.82, 2.24) is 29.4 Å². The van der Waals surface area contributed by atoms with Crippen LogP contribution in [-0.4, -0.2) is 99.9 Å². The smallest absolute Gasteiger partial charge is 0.258 e. The largest absolute Gasteiger partial charge is 0.488 e. The first-order valence-corrected chi connectivity index (χ1v) is 12.5. The lowest BCUT2D eigenvalue weighted by Crippen LogP contribution is -2.50. The molecule has 186 valence electrons. The summed E-state index contributed by atoms with van der Waals surface area (Å²) in [5, 5.41) is 23.0. The van der Waals surface area contributed by atoms with Gasteiger partial charge in [0.25, 0.3) is 5.91 Å². The van der Waals surface area contributed by atoms with E-state index in [4.69, 9.17) is 4.74 Å². The number of aliphatic hydroxyl groups excluding tert-OH is 1. The van der Waals surface area contributed by atoms with Gasteiger partial charge in [-0.3, -0.25) is 9.59 Å². The minimum atomic E-state index is -3.44. The maximum Gasteiger partial charge on any atom is 0.258 e. The minimum Gasteiger partial charge on any atom is -0.488 e. The molecule has 1 aliphatic heterocycles. The van der Waals surface area contributed by atoms with E-state index in [0.29, 0.717) is 5.69 Å². The fourth-order valence-electron chi connectivity index (χ4n) is 3.51. The second-order valence-electron chi connectivity index (χ2n) is 8.43. The van der Waals surface area contributed by atoms with Crippen molar-refractivity contribution in [2.24, 2.45) is 5.92 Å². The number of sulfonamides is 1. The van der Waals surface area contributed by atoms with Gasteiger partial charge in [0.1, 0.15) is 24.7 Å². The number of nitrogens with zero attached hydrogens (tertiary/aromatic N) is 6. The van der Waals surface area contributed by atoms with Crippen molar-refractivity contribution in [3.8, 4) is 5.75 Å². The quantitative estimate of drug-likeness (QED) is 0.488. The lowest BCUT2D eigenvalue weighted by Gasteiger charge is -2.38. The summed E-state index contributed by atoms with van der Waals surface area (Å²) in [4.78, 5) is 27.3. The number of aliphatic hydroxyl groups is 1. The van der Waals surface area contributed by atoms with Crippen molar-refractivity contribution < 1.29 is 27.9 Å². The van der Waals surface area contributed by atoms with Gasteiger partial charge in [0.2, 0.25) is 15.9 Å². The summed E-state index contributed by atoms with van der Waals surface area (Å²) in [7, 11) is -1.98. The Hall–Kier alpha value is -3.10. The number of carbonyl (C=O) groups excluding carboxylic acids is 2. The summed E-state index contributed by atoms with van der Waals surface area (Å²) in [5.74, 6) is -0.730. The summed E-state index contributed by atoms with van der Waals surface area (Å²) >= 11 is 0. The number of aromatic nitrogens is 4. The first-order valence-electron chi connectivity index (χ1n) is 10.6. The molecule has 0 fully saturated rings. The van der Waals surface area contributed by atoms with Crippen LogP contribution >= 0.6 is 0 Å². The molecule has 3 rings (SSSR count). The number of carbonyl (C=O) groups is 2. The third-order valence-electron chi connectivity index (χ3n) is 5.65. The van der Waals surface area contributed by atoms with Crippen LogP contribution in [0.5, 0.6) is 5.75 Å². The van der Waals surface area contributed by atoms with Gasteiger partial charge in [0.15, 0.2) is 0 Å². The molecule has 13 nitrogen and oxygen atoms in total. The van der Waals surface area contributed by atoms with Crippen LogP contribution in [0.3, 0.4) is 0 Å². The van der Waals surface area contributed by atoms with E-state index < -0.39 is 28.1 Å². The topological polar surface area (TPSA) is 160 Å². The molecule has 1 aliphatic rings. The summed E-state index contributed by atoms with van der Waals surface area (Å²) in [5.41, 5.74) is 0.559. The highest BCUT2D eigenvalue weighted by Gasteiger charge is 2.34. The van der Waals surface area contributed by atoms with E-state index in [0.717, 1.165) is 6.26 Å². The summed E-state index contributed by atoms with van der Waals surface area (Å²) in [6, 6.07) is 4.17. The fraction of sp³-hybridized carbons (Fsp3) is 0.550. The number of hydrogen-bond donors (Lipinski definition) is 2. The van der Waals surface area contributed by atoms with E-state index in [1.807, 2.05) is 6.92 Å². The maximum atomic E-state index is 13.4. The van der Waals surface area contributed by atoms with Crippen molar-refractivity contribution in [3.05, 3.63) is 30.1 Å². The Balaban J connectivity index is 1.92. The molecule has 3 atom stereocenters.